The van der Waals surface area contributed by atoms with E-state index in [4.69, 9.17) is 0 Å². The summed E-state index contributed by atoms with van der Waals surface area (Å²) < 4.78 is 0. The van der Waals surface area contributed by atoms with Gasteiger partial charge in [0, 0.05) is 0 Å². The van der Waals surface area contributed by atoms with Gasteiger partial charge in [0.05, 0.1) is 0 Å². The molecule has 2 heteroatoms. The van der Waals surface area contributed by atoms with Gasteiger partial charge in [-0.05, 0) is 0 Å². The van der Waals surface area contributed by atoms with E-state index >= 15 is 0 Å². The molecule has 0 aromatic heterocycles. The molecule has 0 aliphatic heterocycles. The molecule has 0 saturated carbocycles. The minimum Gasteiger partial charge on any atom is -0.106 e. The molecule has 0 saturated heterocycles. The molecule has 0 bridgehead atoms. The van der Waals surface area contributed by atoms with Gasteiger partial charge in [0.15, 0.2) is 32.6 Å². The van der Waals surface area contributed by atoms with Crippen molar-refractivity contribution in [2.75, 3.05) is 0 Å². The minimum atomic E-state index is 0. The summed E-state index contributed by atoms with van der Waals surface area (Å²) in [6, 6.07) is 0. The van der Waals surface area contributed by atoms with Crippen LogP contribution in [0.25, 0.3) is 0 Å². The Morgan fingerprint density at radius 3 is 1.50 bits per heavy atom. The highest BCUT2D eigenvalue weighted by Gasteiger charge is 1.74. The average molecular weight is 115 g/mol. The first-order valence-corrected chi connectivity index (χ1v) is 3.86. The van der Waals surface area contributed by atoms with Crippen LogP contribution in [0.3, 0.4) is 0 Å². The highest BCUT2D eigenvalue weighted by molar-refractivity contribution is 6.34. The van der Waals surface area contributed by atoms with Crippen LogP contribution in [0.5, 0.6) is 0 Å². The molecule has 6 heavy (non-hydrogen) atoms. The Bertz CT molecular complexity index is 13.0. The van der Waals surface area contributed by atoms with Crippen LogP contribution in [0.2, 0.25) is 10.6 Å². The summed E-state index contributed by atoms with van der Waals surface area (Å²) in [5.41, 5.74) is 0. The first-order valence-electron chi connectivity index (χ1n) is 2.23. The van der Waals surface area contributed by atoms with E-state index in [9.17, 15) is 0 Å². The quantitative estimate of drug-likeness (QED) is 0.456. The topological polar surface area (TPSA) is 0 Å². The van der Waals surface area contributed by atoms with E-state index in [0.717, 1.165) is 15.2 Å². The Hall–Kier alpha value is 1.06. The van der Waals surface area contributed by atoms with E-state index in [2.05, 4.69) is 13.8 Å². The molecule has 0 unspecified atom stereocenters. The zero-order valence-electron chi connectivity index (χ0n) is 3.99. The summed E-state index contributed by atoms with van der Waals surface area (Å²) in [5, 5.41) is 2.85. The van der Waals surface area contributed by atoms with Crippen molar-refractivity contribution >= 4 is 32.6 Å². The zero-order valence-corrected chi connectivity index (χ0v) is 5.15. The largest absolute Gasteiger partial charge is 0.198 e. The third-order valence-electron chi connectivity index (χ3n) is 0.577. The van der Waals surface area contributed by atoms with Gasteiger partial charge in [0.1, 0.15) is 0 Å². The molecule has 0 amide bonds. The molecule has 0 heterocycles. The van der Waals surface area contributed by atoms with E-state index in [0.29, 0.717) is 0 Å². The van der Waals surface area contributed by atoms with Gasteiger partial charge in [-0.15, -0.1) is 10.6 Å². The van der Waals surface area contributed by atoms with E-state index in [1.165, 1.54) is 10.6 Å². The lowest BCUT2D eigenvalue weighted by Gasteiger charge is -1.74. The fourth-order valence-corrected chi connectivity index (χ4v) is 0.866. The summed E-state index contributed by atoms with van der Waals surface area (Å²) in [6.07, 6.45) is 0. The second kappa shape index (κ2) is 9.42. The molecule has 0 aliphatic carbocycles. The second-order valence-electron chi connectivity index (χ2n) is 1.11. The lowest BCUT2D eigenvalue weighted by atomic mass is 10.9. The lowest BCUT2D eigenvalue weighted by molar-refractivity contribution is 1.36. The maximum atomic E-state index is 2.25. The van der Waals surface area contributed by atoms with Gasteiger partial charge in [-0.3, -0.25) is 0 Å². The lowest BCUT2D eigenvalue weighted by Crippen LogP contribution is -1.76. The second-order valence-corrected chi connectivity index (χ2v) is 3.32. The van der Waals surface area contributed by atoms with Crippen LogP contribution in [0.15, 0.2) is 0 Å². The van der Waals surface area contributed by atoms with E-state index < -0.39 is 0 Å². The molecule has 35 valence electrons. The van der Waals surface area contributed by atoms with Crippen LogP contribution in [-0.2, 0) is 0 Å². The minimum absolute atomic E-state index is 0. The standard InChI is InChI=1S/2C2H5.2Al.3H/c2*1-2;;;;;/h2*1H2,2H3;;;;;. The molecule has 0 atom stereocenters. The van der Waals surface area contributed by atoms with Gasteiger partial charge in [0.2, 0.25) is 0 Å². The Balaban J connectivity index is 0. The summed E-state index contributed by atoms with van der Waals surface area (Å²) in [4.78, 5) is 0. The smallest absolute Gasteiger partial charge is 0.106 e. The van der Waals surface area contributed by atoms with Crippen LogP contribution in [0.4, 0.5) is 0 Å². The molecular weight excluding hydrogens is 102 g/mol. The predicted molar refractivity (Wildman–Crippen MR) is 36.7 cm³/mol. The Morgan fingerprint density at radius 1 is 1.17 bits per heavy atom. The zero-order chi connectivity index (χ0) is 4.12. The van der Waals surface area contributed by atoms with Crippen molar-refractivity contribution in [3.63, 3.8) is 0 Å². The number of hydrogen-bond donors (Lipinski definition) is 0. The number of rotatable bonds is 2. The monoisotopic (exact) mass is 115 g/mol. The summed E-state index contributed by atoms with van der Waals surface area (Å²) >= 11 is 0.815. The van der Waals surface area contributed by atoms with Gasteiger partial charge in [0.25, 0.3) is 0 Å². The Morgan fingerprint density at radius 2 is 1.50 bits per heavy atom. The first-order chi connectivity index (χ1) is 2.41. The van der Waals surface area contributed by atoms with Crippen molar-refractivity contribution in [3.05, 3.63) is 0 Å². The highest BCUT2D eigenvalue weighted by atomic mass is 27.1. The normalized spacial score (nSPS) is 6.33. The molecular formula is C4H13Al2. The fraction of sp³-hybridized carbons (Fsp3) is 1.00. The summed E-state index contributed by atoms with van der Waals surface area (Å²) in [7, 11) is 0. The van der Waals surface area contributed by atoms with E-state index in [1.54, 1.807) is 0 Å². The third kappa shape index (κ3) is 8.91. The maximum Gasteiger partial charge on any atom is 0.198 e. The van der Waals surface area contributed by atoms with Gasteiger partial charge in [-0.25, -0.2) is 0 Å². The van der Waals surface area contributed by atoms with Gasteiger partial charge >= 0.3 is 0 Å². The highest BCUT2D eigenvalue weighted by Crippen LogP contribution is 1.77. The van der Waals surface area contributed by atoms with Crippen LogP contribution >= 0.6 is 0 Å². The molecule has 0 nitrogen and oxygen atoms in total. The van der Waals surface area contributed by atoms with Crippen molar-refractivity contribution in [2.45, 2.75) is 24.4 Å². The molecule has 0 aromatic rings. The van der Waals surface area contributed by atoms with E-state index in [-0.39, 0.29) is 17.4 Å². The molecule has 0 spiro atoms. The van der Waals surface area contributed by atoms with Crippen LogP contribution in [0, 0.1) is 0 Å². The first kappa shape index (κ1) is 10.1. The third-order valence-corrected chi connectivity index (χ3v) is 1.73. The molecule has 0 fully saturated rings. The SMILES string of the molecule is C[CH2][Al][CH2]C.[AlH3]. The van der Waals surface area contributed by atoms with Gasteiger partial charge in [-0.2, -0.15) is 0 Å². The maximum absolute atomic E-state index is 2.25. The van der Waals surface area contributed by atoms with Crippen LogP contribution < -0.4 is 0 Å². The molecule has 0 rings (SSSR count). The molecule has 1 radical (unpaired) electrons. The fourth-order valence-electron chi connectivity index (χ4n) is 0.289. The van der Waals surface area contributed by atoms with Gasteiger partial charge in [-0.1, -0.05) is 13.8 Å². The average Bonchev–Trinajstić information content (AvgIpc) is 1.41. The Labute approximate surface area is 57.2 Å². The van der Waals surface area contributed by atoms with Crippen molar-refractivity contribution in [1.29, 1.82) is 0 Å². The van der Waals surface area contributed by atoms with Crippen molar-refractivity contribution < 1.29 is 0 Å². The number of hydrogen-bond acceptors (Lipinski definition) is 0. The molecule has 0 aromatic carbocycles. The predicted octanol–water partition coefficient (Wildman–Crippen LogP) is 0.383. The summed E-state index contributed by atoms with van der Waals surface area (Å²) in [6.45, 7) is 4.50. The van der Waals surface area contributed by atoms with Crippen LogP contribution in [0.1, 0.15) is 13.8 Å². The van der Waals surface area contributed by atoms with Crippen molar-refractivity contribution in [3.8, 4) is 0 Å². The molecule has 0 N–H and O–H groups in total. The van der Waals surface area contributed by atoms with E-state index in [1.807, 2.05) is 0 Å². The van der Waals surface area contributed by atoms with Crippen LogP contribution in [-0.4, -0.2) is 32.6 Å². The summed E-state index contributed by atoms with van der Waals surface area (Å²) in [5.74, 6) is 0. The van der Waals surface area contributed by atoms with Crippen molar-refractivity contribution in [1.82, 2.24) is 0 Å². The Kier molecular flexibility index (Phi) is 15.9. The van der Waals surface area contributed by atoms with Gasteiger partial charge < -0.3 is 0 Å². The molecule has 0 aliphatic rings. The van der Waals surface area contributed by atoms with Crippen molar-refractivity contribution in [2.24, 2.45) is 0 Å².